The second kappa shape index (κ2) is 8.52. The number of nitrogens with zero attached hydrogens (tertiary/aromatic N) is 6. The number of carbonyl (C=O) groups excluding carboxylic acids is 1. The Morgan fingerprint density at radius 2 is 2.13 bits per heavy atom. The van der Waals surface area contributed by atoms with Crippen molar-refractivity contribution in [3.05, 3.63) is 33.8 Å². The zero-order chi connectivity index (χ0) is 22.1. The second-order valence-corrected chi connectivity index (χ2v) is 9.24. The molecule has 1 amide bonds. The third-order valence-electron chi connectivity index (χ3n) is 5.34. The van der Waals surface area contributed by atoms with Gasteiger partial charge in [0.2, 0.25) is 15.9 Å². The Morgan fingerprint density at radius 3 is 2.73 bits per heavy atom. The average molecular weight is 439 g/mol. The largest absolute Gasteiger partial charge is 0.390 e. The van der Waals surface area contributed by atoms with Gasteiger partial charge in [0.05, 0.1) is 41.2 Å². The highest BCUT2D eigenvalue weighted by atomic mass is 32.2. The number of hydrogen-bond donors (Lipinski definition) is 1. The van der Waals surface area contributed by atoms with E-state index >= 15 is 0 Å². The summed E-state index contributed by atoms with van der Waals surface area (Å²) in [6.07, 6.45) is 2.51. The van der Waals surface area contributed by atoms with E-state index in [0.717, 1.165) is 0 Å². The summed E-state index contributed by atoms with van der Waals surface area (Å²) < 4.78 is 30.2. The maximum Gasteiger partial charge on any atom is 0.390 e. The van der Waals surface area contributed by atoms with Gasteiger partial charge in [0.1, 0.15) is 4.90 Å². The number of hydrogen-bond acceptors (Lipinski definition) is 7. The normalized spacial score (nSPS) is 17.8. The molecule has 13 heteroatoms. The minimum Gasteiger partial charge on any atom is -0.358 e. The van der Waals surface area contributed by atoms with Crippen LogP contribution < -0.4 is 5.32 Å². The van der Waals surface area contributed by atoms with Crippen molar-refractivity contribution in [2.75, 3.05) is 19.6 Å². The Kier molecular flexibility index (Phi) is 6.22. The molecule has 1 atom stereocenters. The number of sulfonamides is 1. The molecule has 0 spiro atoms. The molecule has 0 aromatic carbocycles. The van der Waals surface area contributed by atoms with Crippen LogP contribution in [-0.2, 0) is 28.4 Å². The first-order valence-corrected chi connectivity index (χ1v) is 11.0. The van der Waals surface area contributed by atoms with Crippen LogP contribution in [0.2, 0.25) is 0 Å². The molecule has 0 aliphatic carbocycles. The van der Waals surface area contributed by atoms with Gasteiger partial charge in [-0.3, -0.25) is 9.48 Å². The van der Waals surface area contributed by atoms with E-state index in [9.17, 15) is 23.3 Å². The van der Waals surface area contributed by atoms with Crippen LogP contribution in [0.1, 0.15) is 24.2 Å². The molecule has 1 fully saturated rings. The molecular formula is C17H25N7O5S. The van der Waals surface area contributed by atoms with Gasteiger partial charge < -0.3 is 15.4 Å². The second-order valence-electron chi connectivity index (χ2n) is 7.34. The van der Waals surface area contributed by atoms with Crippen molar-refractivity contribution in [2.24, 2.45) is 13.0 Å². The molecule has 0 bridgehead atoms. The van der Waals surface area contributed by atoms with Crippen LogP contribution in [0.25, 0.3) is 0 Å². The van der Waals surface area contributed by atoms with Gasteiger partial charge in [0.15, 0.2) is 0 Å². The number of amides is 1. The summed E-state index contributed by atoms with van der Waals surface area (Å²) in [5.74, 6) is -0.937. The molecule has 0 radical (unpaired) electrons. The van der Waals surface area contributed by atoms with Crippen molar-refractivity contribution in [1.29, 1.82) is 0 Å². The molecular weight excluding hydrogens is 414 g/mol. The van der Waals surface area contributed by atoms with E-state index in [4.69, 9.17) is 0 Å². The van der Waals surface area contributed by atoms with Gasteiger partial charge in [0, 0.05) is 26.7 Å². The van der Waals surface area contributed by atoms with Crippen molar-refractivity contribution >= 4 is 21.7 Å². The first kappa shape index (κ1) is 21.9. The van der Waals surface area contributed by atoms with E-state index in [1.807, 2.05) is 0 Å². The molecule has 1 aliphatic rings. The maximum absolute atomic E-state index is 13.0. The van der Waals surface area contributed by atoms with Crippen LogP contribution in [0.4, 0.5) is 5.82 Å². The summed E-state index contributed by atoms with van der Waals surface area (Å²) in [5.41, 5.74) is 1.17. The Labute approximate surface area is 174 Å². The lowest BCUT2D eigenvalue weighted by Gasteiger charge is -2.31. The standard InChI is InChI=1S/C17H25N7O5S/c1-12-9-16(24(26)27)20-23(12)8-6-18-17(25)14-5-4-7-22(11-14)30(28,29)15-10-19-21(3)13(15)2/h9-10,14H,4-8,11H2,1-3H3,(H,18,25). The lowest BCUT2D eigenvalue weighted by atomic mass is 9.99. The molecule has 2 aromatic rings. The number of piperidine rings is 1. The minimum atomic E-state index is -3.72. The molecule has 3 heterocycles. The van der Waals surface area contributed by atoms with Crippen molar-refractivity contribution in [2.45, 2.75) is 38.1 Å². The number of carbonyl (C=O) groups is 1. The SMILES string of the molecule is Cc1c(S(=O)(=O)N2CCCC(C(=O)NCCn3nc([N+](=O)[O-])cc3C)C2)cnn1C. The molecule has 164 valence electrons. The fraction of sp³-hybridized carbons (Fsp3) is 0.588. The summed E-state index contributed by atoms with van der Waals surface area (Å²) in [5, 5.41) is 21.5. The van der Waals surface area contributed by atoms with Crippen LogP contribution >= 0.6 is 0 Å². The lowest BCUT2D eigenvalue weighted by Crippen LogP contribution is -2.45. The van der Waals surface area contributed by atoms with E-state index in [-0.39, 0.29) is 36.3 Å². The van der Waals surface area contributed by atoms with Crippen LogP contribution in [-0.4, -0.2) is 62.7 Å². The predicted molar refractivity (Wildman–Crippen MR) is 106 cm³/mol. The molecule has 1 aliphatic heterocycles. The highest BCUT2D eigenvalue weighted by Crippen LogP contribution is 2.25. The first-order valence-electron chi connectivity index (χ1n) is 9.56. The van der Waals surface area contributed by atoms with Crippen molar-refractivity contribution in [3.8, 4) is 0 Å². The van der Waals surface area contributed by atoms with Gasteiger partial charge in [-0.05, 0) is 31.6 Å². The van der Waals surface area contributed by atoms with E-state index < -0.39 is 20.9 Å². The Bertz CT molecular complexity index is 1060. The molecule has 1 N–H and O–H groups in total. The average Bonchev–Trinajstić information content (AvgIpc) is 3.25. The lowest BCUT2D eigenvalue weighted by molar-refractivity contribution is -0.389. The molecule has 1 saturated heterocycles. The van der Waals surface area contributed by atoms with Gasteiger partial charge in [-0.15, -0.1) is 0 Å². The number of nitro groups is 1. The highest BCUT2D eigenvalue weighted by Gasteiger charge is 2.34. The smallest absolute Gasteiger partial charge is 0.358 e. The molecule has 2 aromatic heterocycles. The van der Waals surface area contributed by atoms with E-state index in [1.54, 1.807) is 20.9 Å². The predicted octanol–water partition coefficient (Wildman–Crippen LogP) is 0.359. The highest BCUT2D eigenvalue weighted by molar-refractivity contribution is 7.89. The van der Waals surface area contributed by atoms with E-state index in [2.05, 4.69) is 15.5 Å². The van der Waals surface area contributed by atoms with Crippen LogP contribution in [0.3, 0.4) is 0 Å². The van der Waals surface area contributed by atoms with Gasteiger partial charge in [-0.25, -0.2) is 8.42 Å². The molecule has 0 saturated carbocycles. The zero-order valence-corrected chi connectivity index (χ0v) is 17.9. The van der Waals surface area contributed by atoms with Gasteiger partial charge in [-0.2, -0.15) is 14.1 Å². The van der Waals surface area contributed by atoms with Crippen LogP contribution in [0, 0.1) is 29.9 Å². The summed E-state index contributed by atoms with van der Waals surface area (Å²) in [6, 6.07) is 1.37. The van der Waals surface area contributed by atoms with Gasteiger partial charge in [-0.1, -0.05) is 0 Å². The van der Waals surface area contributed by atoms with Crippen LogP contribution in [0.15, 0.2) is 17.2 Å². The number of nitrogens with one attached hydrogen (secondary N) is 1. The summed E-state index contributed by atoms with van der Waals surface area (Å²) in [6.45, 7) is 4.38. The summed E-state index contributed by atoms with van der Waals surface area (Å²) >= 11 is 0. The quantitative estimate of drug-likeness (QED) is 0.484. The molecule has 3 rings (SSSR count). The van der Waals surface area contributed by atoms with E-state index in [0.29, 0.717) is 30.8 Å². The molecule has 30 heavy (non-hydrogen) atoms. The third-order valence-corrected chi connectivity index (χ3v) is 7.31. The van der Waals surface area contributed by atoms with Gasteiger partial charge >= 0.3 is 5.82 Å². The van der Waals surface area contributed by atoms with Crippen molar-refractivity contribution in [1.82, 2.24) is 29.2 Å². The first-order chi connectivity index (χ1) is 14.1. The summed E-state index contributed by atoms with van der Waals surface area (Å²) in [7, 11) is -2.04. The number of aryl methyl sites for hydroxylation is 2. The van der Waals surface area contributed by atoms with Gasteiger partial charge in [0.25, 0.3) is 0 Å². The van der Waals surface area contributed by atoms with E-state index in [1.165, 1.54) is 25.9 Å². The molecule has 1 unspecified atom stereocenters. The van der Waals surface area contributed by atoms with Crippen LogP contribution in [0.5, 0.6) is 0 Å². The summed E-state index contributed by atoms with van der Waals surface area (Å²) in [4.78, 5) is 23.0. The fourth-order valence-corrected chi connectivity index (χ4v) is 5.19. The third kappa shape index (κ3) is 4.36. The molecule has 12 nitrogen and oxygen atoms in total. The Morgan fingerprint density at radius 1 is 1.40 bits per heavy atom. The topological polar surface area (TPSA) is 145 Å². The monoisotopic (exact) mass is 439 g/mol. The maximum atomic E-state index is 13.0. The minimum absolute atomic E-state index is 0.106. The van der Waals surface area contributed by atoms with Crippen molar-refractivity contribution in [3.63, 3.8) is 0 Å². The Balaban J connectivity index is 1.59. The Hall–Kier alpha value is -2.80. The number of aromatic nitrogens is 4. The zero-order valence-electron chi connectivity index (χ0n) is 17.1. The fourth-order valence-electron chi connectivity index (χ4n) is 3.48. The van der Waals surface area contributed by atoms with Crippen molar-refractivity contribution < 1.29 is 18.1 Å². The number of rotatable bonds is 7.